The Labute approximate surface area is 199 Å². The Bertz CT molecular complexity index is 1020. The third kappa shape index (κ3) is 5.69. The van der Waals surface area contributed by atoms with Gasteiger partial charge in [-0.15, -0.1) is 0 Å². The number of aryl methyl sites for hydroxylation is 2. The first kappa shape index (κ1) is 25.9. The maximum absolute atomic E-state index is 13.2. The van der Waals surface area contributed by atoms with Crippen LogP contribution in [0.1, 0.15) is 64.6 Å². The highest BCUT2D eigenvalue weighted by atomic mass is 32.1. The number of ether oxygens (including phenoxy) is 2. The van der Waals surface area contributed by atoms with E-state index in [4.69, 9.17) is 9.47 Å². The predicted molar refractivity (Wildman–Crippen MR) is 119 cm³/mol. The van der Waals surface area contributed by atoms with Gasteiger partial charge in [-0.25, -0.2) is 14.8 Å². The van der Waals surface area contributed by atoms with E-state index < -0.39 is 35.9 Å². The van der Waals surface area contributed by atoms with E-state index in [0.29, 0.717) is 41.8 Å². The minimum atomic E-state index is -4.65. The number of carbonyl (C=O) groups excluding carboxylic acids is 2. The summed E-state index contributed by atoms with van der Waals surface area (Å²) in [4.78, 5) is 37.7. The lowest BCUT2D eigenvalue weighted by Gasteiger charge is -2.38. The SMILES string of the molecule is CCOC(=O)c1sc(N2CC[C@@H](NC(=O)c3nc(C(F)(F)F)c(CC)[nH]3)[C@@H](OCC)C2)nc1C. The van der Waals surface area contributed by atoms with Crippen molar-refractivity contribution in [3.05, 3.63) is 27.8 Å². The summed E-state index contributed by atoms with van der Waals surface area (Å²) in [6.45, 7) is 8.39. The molecule has 0 bridgehead atoms. The van der Waals surface area contributed by atoms with Crippen LogP contribution in [0.3, 0.4) is 0 Å². The van der Waals surface area contributed by atoms with Crippen LogP contribution in [-0.4, -0.2) is 65.3 Å². The number of H-pyrrole nitrogens is 1. The number of nitrogens with zero attached hydrogens (tertiary/aromatic N) is 3. The zero-order valence-corrected chi connectivity index (χ0v) is 20.2. The van der Waals surface area contributed by atoms with E-state index in [1.807, 2.05) is 11.8 Å². The van der Waals surface area contributed by atoms with Crippen LogP contribution < -0.4 is 10.2 Å². The fourth-order valence-corrected chi connectivity index (χ4v) is 4.78. The molecule has 2 atom stereocenters. The molecule has 1 saturated heterocycles. The molecule has 1 aliphatic rings. The van der Waals surface area contributed by atoms with Crippen LogP contribution in [0.2, 0.25) is 0 Å². The molecule has 0 spiro atoms. The number of hydrogen-bond acceptors (Lipinski definition) is 8. The molecular formula is C21H28F3N5O4S. The zero-order chi connectivity index (χ0) is 25.0. The lowest BCUT2D eigenvalue weighted by Crippen LogP contribution is -2.55. The van der Waals surface area contributed by atoms with E-state index >= 15 is 0 Å². The number of amides is 1. The van der Waals surface area contributed by atoms with Gasteiger partial charge in [0.15, 0.2) is 16.6 Å². The number of piperidine rings is 1. The van der Waals surface area contributed by atoms with Crippen LogP contribution in [0.25, 0.3) is 0 Å². The quantitative estimate of drug-likeness (QED) is 0.532. The van der Waals surface area contributed by atoms with Crippen LogP contribution >= 0.6 is 11.3 Å². The molecule has 0 saturated carbocycles. The number of aromatic amines is 1. The summed E-state index contributed by atoms with van der Waals surface area (Å²) in [5.41, 5.74) is -0.634. The number of halogens is 3. The van der Waals surface area contributed by atoms with E-state index in [1.54, 1.807) is 20.8 Å². The molecule has 0 unspecified atom stereocenters. The Morgan fingerprint density at radius 1 is 1.24 bits per heavy atom. The first-order valence-corrected chi connectivity index (χ1v) is 11.9. The Kier molecular flexibility index (Phi) is 8.18. The third-order valence-corrected chi connectivity index (χ3v) is 6.59. The number of nitrogens with one attached hydrogen (secondary N) is 2. The van der Waals surface area contributed by atoms with Crippen LogP contribution in [-0.2, 0) is 22.1 Å². The Morgan fingerprint density at radius 3 is 2.56 bits per heavy atom. The average molecular weight is 504 g/mol. The smallest absolute Gasteiger partial charge is 0.435 e. The fourth-order valence-electron chi connectivity index (χ4n) is 3.79. The predicted octanol–water partition coefficient (Wildman–Crippen LogP) is 3.35. The molecule has 2 aromatic heterocycles. The first-order chi connectivity index (χ1) is 16.1. The van der Waals surface area contributed by atoms with Crippen molar-refractivity contribution in [1.29, 1.82) is 0 Å². The van der Waals surface area contributed by atoms with E-state index in [-0.39, 0.29) is 24.5 Å². The van der Waals surface area contributed by atoms with Crippen LogP contribution in [0.4, 0.5) is 18.3 Å². The normalized spacial score (nSPS) is 18.7. The van der Waals surface area contributed by atoms with E-state index in [9.17, 15) is 22.8 Å². The van der Waals surface area contributed by atoms with Gasteiger partial charge in [0.05, 0.1) is 24.4 Å². The van der Waals surface area contributed by atoms with Crippen molar-refractivity contribution in [2.24, 2.45) is 0 Å². The summed E-state index contributed by atoms with van der Waals surface area (Å²) in [5.74, 6) is -1.52. The summed E-state index contributed by atoms with van der Waals surface area (Å²) in [5, 5.41) is 3.41. The second-order valence-electron chi connectivity index (χ2n) is 7.70. The first-order valence-electron chi connectivity index (χ1n) is 11.1. The van der Waals surface area contributed by atoms with Crippen LogP contribution in [0.5, 0.6) is 0 Å². The lowest BCUT2D eigenvalue weighted by atomic mass is 10.0. The van der Waals surface area contributed by atoms with Crippen molar-refractivity contribution in [2.75, 3.05) is 31.2 Å². The highest BCUT2D eigenvalue weighted by Gasteiger charge is 2.38. The lowest BCUT2D eigenvalue weighted by molar-refractivity contribution is -0.141. The van der Waals surface area contributed by atoms with Gasteiger partial charge >= 0.3 is 12.1 Å². The molecule has 1 fully saturated rings. The average Bonchev–Trinajstić information content (AvgIpc) is 3.39. The largest absolute Gasteiger partial charge is 0.462 e. The van der Waals surface area contributed by atoms with Gasteiger partial charge in [-0.3, -0.25) is 4.79 Å². The Balaban J connectivity index is 1.72. The Morgan fingerprint density at radius 2 is 1.97 bits per heavy atom. The molecule has 188 valence electrons. The van der Waals surface area contributed by atoms with Gasteiger partial charge < -0.3 is 24.7 Å². The van der Waals surface area contributed by atoms with Crippen molar-refractivity contribution < 1.29 is 32.2 Å². The molecule has 3 heterocycles. The third-order valence-electron chi connectivity index (χ3n) is 5.39. The number of hydrogen-bond donors (Lipinski definition) is 2. The van der Waals surface area contributed by atoms with Crippen molar-refractivity contribution >= 4 is 28.3 Å². The second-order valence-corrected chi connectivity index (χ2v) is 8.68. The van der Waals surface area contributed by atoms with Gasteiger partial charge in [0.2, 0.25) is 0 Å². The molecule has 2 aromatic rings. The van der Waals surface area contributed by atoms with Crippen molar-refractivity contribution in [1.82, 2.24) is 20.3 Å². The second kappa shape index (κ2) is 10.7. The summed E-state index contributed by atoms with van der Waals surface area (Å²) < 4.78 is 50.5. The molecule has 2 N–H and O–H groups in total. The van der Waals surface area contributed by atoms with Gasteiger partial charge in [0.1, 0.15) is 4.88 Å². The van der Waals surface area contributed by atoms with Crippen LogP contribution in [0, 0.1) is 6.92 Å². The van der Waals surface area contributed by atoms with Gasteiger partial charge in [0.25, 0.3) is 5.91 Å². The van der Waals surface area contributed by atoms with Crippen molar-refractivity contribution in [3.63, 3.8) is 0 Å². The monoisotopic (exact) mass is 503 g/mol. The van der Waals surface area contributed by atoms with Gasteiger partial charge in [0, 0.05) is 25.4 Å². The summed E-state index contributed by atoms with van der Waals surface area (Å²) in [6.07, 6.45) is -4.54. The van der Waals surface area contributed by atoms with Crippen LogP contribution in [0.15, 0.2) is 0 Å². The number of carbonyl (C=O) groups is 2. The standard InChI is InChI=1S/C21H28F3N5O4S/c1-5-12-16(21(22,23)24)28-17(26-12)18(30)27-13-8-9-29(10-14(13)32-6-2)20-25-11(4)15(34-20)19(31)33-7-3/h13-14H,5-10H2,1-4H3,(H,26,28)(H,27,30)/t13-,14+/m1/s1. The van der Waals surface area contributed by atoms with Gasteiger partial charge in [-0.05, 0) is 33.6 Å². The maximum atomic E-state index is 13.2. The van der Waals surface area contributed by atoms with E-state index in [2.05, 4.69) is 20.3 Å². The molecule has 0 aliphatic carbocycles. The highest BCUT2D eigenvalue weighted by Crippen LogP contribution is 2.31. The molecule has 3 rings (SSSR count). The highest BCUT2D eigenvalue weighted by molar-refractivity contribution is 7.17. The molecule has 0 aromatic carbocycles. The minimum absolute atomic E-state index is 0.0656. The van der Waals surface area contributed by atoms with E-state index in [1.165, 1.54) is 11.3 Å². The number of aromatic nitrogens is 3. The molecular weight excluding hydrogens is 475 g/mol. The summed E-state index contributed by atoms with van der Waals surface area (Å²) in [7, 11) is 0. The summed E-state index contributed by atoms with van der Waals surface area (Å²) >= 11 is 1.23. The van der Waals surface area contributed by atoms with E-state index in [0.717, 1.165) is 0 Å². The molecule has 1 aliphatic heterocycles. The summed E-state index contributed by atoms with van der Waals surface area (Å²) in [6, 6.07) is -0.432. The van der Waals surface area contributed by atoms with Crippen molar-refractivity contribution in [3.8, 4) is 0 Å². The fraction of sp³-hybridized carbons (Fsp3) is 0.619. The number of anilines is 1. The zero-order valence-electron chi connectivity index (χ0n) is 19.4. The molecule has 1 amide bonds. The maximum Gasteiger partial charge on any atom is 0.435 e. The number of esters is 1. The number of thiazole rings is 1. The molecule has 9 nitrogen and oxygen atoms in total. The molecule has 13 heteroatoms. The number of rotatable bonds is 8. The molecule has 0 radical (unpaired) electrons. The van der Waals surface area contributed by atoms with Crippen molar-refractivity contribution in [2.45, 2.75) is 58.9 Å². The van der Waals surface area contributed by atoms with Gasteiger partial charge in [-0.1, -0.05) is 18.3 Å². The minimum Gasteiger partial charge on any atom is -0.462 e. The molecule has 34 heavy (non-hydrogen) atoms. The number of imidazole rings is 1. The Hall–Kier alpha value is -2.67. The number of alkyl halides is 3. The topological polar surface area (TPSA) is 109 Å². The van der Waals surface area contributed by atoms with Gasteiger partial charge in [-0.2, -0.15) is 13.2 Å².